The highest BCUT2D eigenvalue weighted by Gasteiger charge is 2.31. The van der Waals surface area contributed by atoms with E-state index in [0.717, 1.165) is 0 Å². The lowest BCUT2D eigenvalue weighted by Gasteiger charge is -2.35. The maximum absolute atomic E-state index is 13.3. The van der Waals surface area contributed by atoms with Crippen LogP contribution in [0.1, 0.15) is 17.2 Å². The van der Waals surface area contributed by atoms with Crippen LogP contribution in [0, 0.1) is 12.7 Å². The van der Waals surface area contributed by atoms with Gasteiger partial charge in [-0.2, -0.15) is 0 Å². The molecule has 1 atom stereocenters. The number of piperazine rings is 1. The molecule has 0 unspecified atom stereocenters. The minimum absolute atomic E-state index is 0. The zero-order chi connectivity index (χ0) is 13.1. The molecular formula is C13H19Cl2F3N2. The molecule has 116 valence electrons. The molecule has 0 amide bonds. The Morgan fingerprint density at radius 1 is 1.15 bits per heavy atom. The number of nitrogens with zero attached hydrogens (tertiary/aromatic N) is 1. The Labute approximate surface area is 129 Å². The van der Waals surface area contributed by atoms with E-state index in [-0.39, 0.29) is 30.6 Å². The molecule has 1 fully saturated rings. The first-order chi connectivity index (χ1) is 8.59. The molecule has 0 bridgehead atoms. The van der Waals surface area contributed by atoms with Gasteiger partial charge in [-0.3, -0.25) is 4.90 Å². The standard InChI is InChI=1S/C13H17F3N2.2ClH/c1-9-8-10(14)2-3-11(9)12(13(15)16)18-6-4-17-5-7-18;;/h2-3,8,12-13,17H,4-7H2,1H3;2*1H/t12-;;/m1../s1. The molecule has 0 aromatic heterocycles. The summed E-state index contributed by atoms with van der Waals surface area (Å²) in [5.41, 5.74) is 1.10. The largest absolute Gasteiger partial charge is 0.314 e. The van der Waals surface area contributed by atoms with Crippen molar-refractivity contribution in [1.82, 2.24) is 10.2 Å². The first-order valence-corrected chi connectivity index (χ1v) is 6.08. The van der Waals surface area contributed by atoms with Crippen molar-refractivity contribution in [3.05, 3.63) is 35.1 Å². The molecule has 20 heavy (non-hydrogen) atoms. The zero-order valence-electron chi connectivity index (χ0n) is 11.1. The maximum atomic E-state index is 13.3. The van der Waals surface area contributed by atoms with E-state index in [0.29, 0.717) is 37.3 Å². The summed E-state index contributed by atoms with van der Waals surface area (Å²) in [6.45, 7) is 4.28. The molecule has 0 radical (unpaired) electrons. The minimum Gasteiger partial charge on any atom is -0.314 e. The Balaban J connectivity index is 0.00000180. The van der Waals surface area contributed by atoms with Gasteiger partial charge < -0.3 is 5.32 Å². The summed E-state index contributed by atoms with van der Waals surface area (Å²) >= 11 is 0. The van der Waals surface area contributed by atoms with Crippen LogP contribution in [0.3, 0.4) is 0 Å². The quantitative estimate of drug-likeness (QED) is 0.915. The second kappa shape index (κ2) is 8.72. The molecule has 7 heteroatoms. The number of halogens is 5. The number of hydrogen-bond acceptors (Lipinski definition) is 2. The van der Waals surface area contributed by atoms with E-state index in [9.17, 15) is 13.2 Å². The van der Waals surface area contributed by atoms with E-state index in [1.54, 1.807) is 11.8 Å². The smallest absolute Gasteiger partial charge is 0.258 e. The molecule has 2 rings (SSSR count). The Bertz CT molecular complexity index is 413. The fourth-order valence-electron chi connectivity index (χ4n) is 2.42. The second-order valence-electron chi connectivity index (χ2n) is 4.57. The number of rotatable bonds is 3. The van der Waals surface area contributed by atoms with E-state index in [1.165, 1.54) is 18.2 Å². The van der Waals surface area contributed by atoms with Gasteiger partial charge >= 0.3 is 0 Å². The van der Waals surface area contributed by atoms with Crippen LogP contribution in [0.25, 0.3) is 0 Å². The SMILES string of the molecule is Cc1cc(F)ccc1[C@H](C(F)F)N1CCNCC1.Cl.Cl. The van der Waals surface area contributed by atoms with E-state index in [2.05, 4.69) is 5.32 Å². The molecule has 1 aromatic rings. The molecule has 1 heterocycles. The van der Waals surface area contributed by atoms with Crippen LogP contribution in [0.5, 0.6) is 0 Å². The molecule has 1 aliphatic rings. The Hall–Kier alpha value is -0.490. The molecular weight excluding hydrogens is 312 g/mol. The average Bonchev–Trinajstić information content (AvgIpc) is 2.33. The van der Waals surface area contributed by atoms with Gasteiger partial charge in [0, 0.05) is 26.2 Å². The lowest BCUT2D eigenvalue weighted by atomic mass is 9.99. The van der Waals surface area contributed by atoms with Gasteiger partial charge in [-0.1, -0.05) is 6.07 Å². The molecule has 1 aromatic carbocycles. The highest BCUT2D eigenvalue weighted by molar-refractivity contribution is 5.85. The third kappa shape index (κ3) is 4.52. The van der Waals surface area contributed by atoms with Crippen molar-refractivity contribution in [1.29, 1.82) is 0 Å². The van der Waals surface area contributed by atoms with Crippen LogP contribution in [-0.2, 0) is 0 Å². The van der Waals surface area contributed by atoms with Crippen LogP contribution in [0.4, 0.5) is 13.2 Å². The summed E-state index contributed by atoms with van der Waals surface area (Å²) < 4.78 is 39.6. The highest BCUT2D eigenvalue weighted by Crippen LogP contribution is 2.30. The monoisotopic (exact) mass is 330 g/mol. The van der Waals surface area contributed by atoms with Crippen molar-refractivity contribution in [2.24, 2.45) is 0 Å². The average molecular weight is 331 g/mol. The van der Waals surface area contributed by atoms with Crippen LogP contribution in [-0.4, -0.2) is 37.5 Å². The van der Waals surface area contributed by atoms with Gasteiger partial charge in [0.05, 0.1) is 6.04 Å². The Kier molecular flexibility index (Phi) is 8.51. The van der Waals surface area contributed by atoms with Gasteiger partial charge in [-0.25, -0.2) is 13.2 Å². The fraction of sp³-hybridized carbons (Fsp3) is 0.538. The summed E-state index contributed by atoms with van der Waals surface area (Å²) in [6.07, 6.45) is -2.47. The summed E-state index contributed by atoms with van der Waals surface area (Å²) in [5, 5.41) is 3.14. The number of aryl methyl sites for hydroxylation is 1. The molecule has 1 N–H and O–H groups in total. The van der Waals surface area contributed by atoms with Crippen LogP contribution < -0.4 is 5.32 Å². The van der Waals surface area contributed by atoms with Crippen molar-refractivity contribution < 1.29 is 13.2 Å². The molecule has 2 nitrogen and oxygen atoms in total. The van der Waals surface area contributed by atoms with Crippen molar-refractivity contribution >= 4 is 24.8 Å². The van der Waals surface area contributed by atoms with Crippen molar-refractivity contribution in [3.8, 4) is 0 Å². The summed E-state index contributed by atoms with van der Waals surface area (Å²) in [4.78, 5) is 1.77. The molecule has 0 aliphatic carbocycles. The van der Waals surface area contributed by atoms with Crippen molar-refractivity contribution in [3.63, 3.8) is 0 Å². The second-order valence-corrected chi connectivity index (χ2v) is 4.57. The van der Waals surface area contributed by atoms with E-state index < -0.39 is 12.5 Å². The summed E-state index contributed by atoms with van der Waals surface area (Å²) in [6, 6.07) is 3.10. The Morgan fingerprint density at radius 3 is 2.25 bits per heavy atom. The third-order valence-corrected chi connectivity index (χ3v) is 3.33. The first kappa shape index (κ1) is 19.5. The van der Waals surface area contributed by atoms with Gasteiger partial charge in [-0.05, 0) is 30.2 Å². The topological polar surface area (TPSA) is 15.3 Å². The maximum Gasteiger partial charge on any atom is 0.258 e. The molecule has 1 aliphatic heterocycles. The predicted molar refractivity (Wildman–Crippen MR) is 78.8 cm³/mol. The summed E-state index contributed by atoms with van der Waals surface area (Å²) in [7, 11) is 0. The van der Waals surface area contributed by atoms with Gasteiger partial charge in [-0.15, -0.1) is 24.8 Å². The number of benzene rings is 1. The number of nitrogens with one attached hydrogen (secondary N) is 1. The fourth-order valence-corrected chi connectivity index (χ4v) is 2.42. The first-order valence-electron chi connectivity index (χ1n) is 6.08. The van der Waals surface area contributed by atoms with Gasteiger partial charge in [0.25, 0.3) is 6.43 Å². The zero-order valence-corrected chi connectivity index (χ0v) is 12.7. The molecule has 0 spiro atoms. The van der Waals surface area contributed by atoms with E-state index >= 15 is 0 Å². The van der Waals surface area contributed by atoms with E-state index in [4.69, 9.17) is 0 Å². The molecule has 0 saturated carbocycles. The number of hydrogen-bond donors (Lipinski definition) is 1. The third-order valence-electron chi connectivity index (χ3n) is 3.33. The van der Waals surface area contributed by atoms with E-state index in [1.807, 2.05) is 0 Å². The van der Waals surface area contributed by atoms with Gasteiger partial charge in [0.15, 0.2) is 0 Å². The lowest BCUT2D eigenvalue weighted by Crippen LogP contribution is -2.47. The van der Waals surface area contributed by atoms with Gasteiger partial charge in [0.1, 0.15) is 5.82 Å². The number of alkyl halides is 2. The van der Waals surface area contributed by atoms with Crippen molar-refractivity contribution in [2.75, 3.05) is 26.2 Å². The summed E-state index contributed by atoms with van der Waals surface area (Å²) in [5.74, 6) is -0.385. The predicted octanol–water partition coefficient (Wildman–Crippen LogP) is 3.19. The molecule has 1 saturated heterocycles. The highest BCUT2D eigenvalue weighted by atomic mass is 35.5. The normalized spacial score (nSPS) is 17.2. The van der Waals surface area contributed by atoms with Crippen LogP contribution >= 0.6 is 24.8 Å². The Morgan fingerprint density at radius 2 is 1.75 bits per heavy atom. The van der Waals surface area contributed by atoms with Gasteiger partial charge in [0.2, 0.25) is 0 Å². The minimum atomic E-state index is -2.47. The lowest BCUT2D eigenvalue weighted by molar-refractivity contribution is 0.0178. The van der Waals surface area contributed by atoms with Crippen molar-refractivity contribution in [2.45, 2.75) is 19.4 Å². The van der Waals surface area contributed by atoms with Crippen LogP contribution in [0.15, 0.2) is 18.2 Å². The van der Waals surface area contributed by atoms with Crippen LogP contribution in [0.2, 0.25) is 0 Å².